The van der Waals surface area contributed by atoms with Crippen LogP contribution in [0.25, 0.3) is 10.4 Å². The van der Waals surface area contributed by atoms with Crippen molar-refractivity contribution in [1.29, 1.82) is 5.26 Å². The van der Waals surface area contributed by atoms with Crippen molar-refractivity contribution in [3.8, 4) is 6.07 Å². The van der Waals surface area contributed by atoms with E-state index in [0.29, 0.717) is 0 Å². The fraction of sp³-hybridized carbons (Fsp3) is 0.257. The monoisotopic (exact) mass is 662 g/mol. The van der Waals surface area contributed by atoms with E-state index in [1.54, 1.807) is 78.9 Å². The highest BCUT2D eigenvalue weighted by atomic mass is 16.7. The van der Waals surface area contributed by atoms with Crippen LogP contribution in [-0.2, 0) is 18.9 Å². The zero-order valence-corrected chi connectivity index (χ0v) is 26.9. The average Bonchev–Trinajstić information content (AvgIpc) is 3.62. The Morgan fingerprint density at radius 2 is 1.41 bits per heavy atom. The SMILES string of the molecule is Cc1ccc(C(=O)OCC2OC(c3n[nH]c(C#N)c3C(=O)N=[N+]=[N-])[C@](C)(OC(=O)c3ccc(C)cc3)[C@@H]2OC(=O)c2ccc(C)cc2)cc1. The number of hydrogen-bond donors (Lipinski definition) is 1. The van der Waals surface area contributed by atoms with Gasteiger partial charge in [-0.3, -0.25) is 9.89 Å². The standard InChI is InChI=1S/C35H30N6O8/c1-19-5-11-22(12-6-19)32(43)46-18-26-29(48-33(44)23-13-7-20(2)8-14-23)35(4,49-34(45)24-15-9-21(3)10-16-24)30(47-26)28-27(31(42)40-41-37)25(17-36)38-39-28/h5-16,26,29-30H,18H2,1-4H3,(H,38,39)/t26?,29-,30?,35-/m1/s1. The number of aryl methyl sites for hydroxylation is 3. The van der Waals surface area contributed by atoms with Crippen LogP contribution in [0.15, 0.2) is 77.9 Å². The first-order valence-corrected chi connectivity index (χ1v) is 15.0. The van der Waals surface area contributed by atoms with Gasteiger partial charge in [0.15, 0.2) is 11.7 Å². The lowest BCUT2D eigenvalue weighted by molar-refractivity contribution is -0.0897. The summed E-state index contributed by atoms with van der Waals surface area (Å²) in [6, 6.07) is 21.4. The number of nitrogens with one attached hydrogen (secondary N) is 1. The number of nitrogens with zero attached hydrogens (tertiary/aromatic N) is 5. The van der Waals surface area contributed by atoms with Crippen LogP contribution in [-0.4, -0.2) is 58.4 Å². The molecule has 248 valence electrons. The Labute approximate surface area is 280 Å². The molecule has 49 heavy (non-hydrogen) atoms. The maximum absolute atomic E-state index is 13.7. The molecule has 0 spiro atoms. The Morgan fingerprint density at radius 1 is 0.898 bits per heavy atom. The fourth-order valence-electron chi connectivity index (χ4n) is 5.35. The van der Waals surface area contributed by atoms with E-state index in [4.69, 9.17) is 24.5 Å². The normalized spacial score (nSPS) is 19.6. The summed E-state index contributed by atoms with van der Waals surface area (Å²) in [6.45, 7) is 6.45. The van der Waals surface area contributed by atoms with Gasteiger partial charge in [0.1, 0.15) is 36.3 Å². The number of aromatic nitrogens is 2. The molecule has 1 N–H and O–H groups in total. The fourth-order valence-corrected chi connectivity index (χ4v) is 5.35. The van der Waals surface area contributed by atoms with Crippen LogP contribution in [0.1, 0.15) is 82.5 Å². The van der Waals surface area contributed by atoms with Crippen LogP contribution in [0, 0.1) is 32.1 Å². The van der Waals surface area contributed by atoms with Crippen LogP contribution in [0.3, 0.4) is 0 Å². The number of nitriles is 1. The van der Waals surface area contributed by atoms with Crippen LogP contribution in [0.2, 0.25) is 0 Å². The summed E-state index contributed by atoms with van der Waals surface area (Å²) < 4.78 is 24.0. The molecule has 14 nitrogen and oxygen atoms in total. The van der Waals surface area contributed by atoms with Crippen molar-refractivity contribution in [2.45, 2.75) is 51.6 Å². The van der Waals surface area contributed by atoms with Gasteiger partial charge in [-0.1, -0.05) is 53.1 Å². The number of benzene rings is 3. The third-order valence-corrected chi connectivity index (χ3v) is 8.03. The summed E-state index contributed by atoms with van der Waals surface area (Å²) in [7, 11) is 0. The molecule has 4 aromatic rings. The van der Waals surface area contributed by atoms with Gasteiger partial charge >= 0.3 is 17.9 Å². The predicted octanol–water partition coefficient (Wildman–Crippen LogP) is 5.80. The molecular formula is C35H30N6O8. The summed E-state index contributed by atoms with van der Waals surface area (Å²) in [6.07, 6.45) is -4.29. The van der Waals surface area contributed by atoms with E-state index in [0.717, 1.165) is 16.7 Å². The Bertz CT molecular complexity index is 1990. The van der Waals surface area contributed by atoms with Gasteiger partial charge < -0.3 is 18.9 Å². The first-order valence-electron chi connectivity index (χ1n) is 15.0. The maximum atomic E-state index is 13.7. The van der Waals surface area contributed by atoms with Crippen molar-refractivity contribution in [2.75, 3.05) is 6.61 Å². The number of rotatable bonds is 9. The summed E-state index contributed by atoms with van der Waals surface area (Å²) in [5, 5.41) is 19.4. The number of H-pyrrole nitrogens is 1. The molecule has 5 rings (SSSR count). The number of carbonyl (C=O) groups is 4. The third-order valence-electron chi connectivity index (χ3n) is 8.03. The van der Waals surface area contributed by atoms with Gasteiger partial charge in [0.25, 0.3) is 5.91 Å². The highest BCUT2D eigenvalue weighted by molar-refractivity contribution is 5.98. The number of esters is 3. The number of hydrogen-bond acceptors (Lipinski definition) is 10. The van der Waals surface area contributed by atoms with E-state index in [-0.39, 0.29) is 28.1 Å². The number of carbonyl (C=O) groups excluding carboxylic acids is 4. The number of amides is 1. The van der Waals surface area contributed by atoms with Gasteiger partial charge in [0, 0.05) is 4.91 Å². The largest absolute Gasteiger partial charge is 0.459 e. The maximum Gasteiger partial charge on any atom is 0.338 e. The molecule has 14 heteroatoms. The minimum absolute atomic E-state index is 0.147. The minimum Gasteiger partial charge on any atom is -0.459 e. The van der Waals surface area contributed by atoms with Crippen molar-refractivity contribution in [3.63, 3.8) is 0 Å². The molecule has 0 saturated carbocycles. The second-order valence-electron chi connectivity index (χ2n) is 11.6. The highest BCUT2D eigenvalue weighted by Crippen LogP contribution is 2.47. The summed E-state index contributed by atoms with van der Waals surface area (Å²) in [4.78, 5) is 55.8. The number of ether oxygens (including phenoxy) is 4. The Balaban J connectivity index is 1.60. The van der Waals surface area contributed by atoms with Crippen LogP contribution < -0.4 is 0 Å². The molecule has 2 heterocycles. The molecule has 2 unspecified atom stereocenters. The molecule has 4 atom stereocenters. The Hall–Kier alpha value is -6.29. The van der Waals surface area contributed by atoms with Gasteiger partial charge in [0.05, 0.1) is 22.3 Å². The minimum atomic E-state index is -1.98. The first-order chi connectivity index (χ1) is 23.4. The zero-order valence-electron chi connectivity index (χ0n) is 26.9. The van der Waals surface area contributed by atoms with Crippen LogP contribution in [0.5, 0.6) is 0 Å². The van der Waals surface area contributed by atoms with E-state index in [1.165, 1.54) is 6.92 Å². The van der Waals surface area contributed by atoms with Gasteiger partial charge in [-0.2, -0.15) is 10.4 Å². The second kappa shape index (κ2) is 14.2. The molecule has 3 aromatic carbocycles. The Kier molecular flexibility index (Phi) is 9.89. The van der Waals surface area contributed by atoms with Crippen molar-refractivity contribution < 1.29 is 38.1 Å². The lowest BCUT2D eigenvalue weighted by Crippen LogP contribution is -2.50. The van der Waals surface area contributed by atoms with Crippen molar-refractivity contribution in [1.82, 2.24) is 10.2 Å². The molecule has 1 amide bonds. The lowest BCUT2D eigenvalue weighted by Gasteiger charge is -2.34. The van der Waals surface area contributed by atoms with E-state index in [1.807, 2.05) is 20.8 Å². The molecule has 0 bridgehead atoms. The van der Waals surface area contributed by atoms with Crippen LogP contribution in [0.4, 0.5) is 0 Å². The summed E-state index contributed by atoms with van der Waals surface area (Å²) >= 11 is 0. The zero-order chi connectivity index (χ0) is 35.3. The molecule has 1 fully saturated rings. The van der Waals surface area contributed by atoms with Crippen molar-refractivity contribution in [3.05, 3.63) is 134 Å². The molecule has 1 saturated heterocycles. The quantitative estimate of drug-likeness (QED) is 0.0749. The number of aromatic amines is 1. The smallest absolute Gasteiger partial charge is 0.338 e. The van der Waals surface area contributed by atoms with Gasteiger partial charge in [-0.05, 0) is 74.7 Å². The molecule has 1 aromatic heterocycles. The molecule has 1 aliphatic rings. The first kappa shape index (κ1) is 34.1. The van der Waals surface area contributed by atoms with Gasteiger partial charge in [0.2, 0.25) is 0 Å². The van der Waals surface area contributed by atoms with Crippen LogP contribution >= 0.6 is 0 Å². The van der Waals surface area contributed by atoms with E-state index >= 15 is 0 Å². The van der Waals surface area contributed by atoms with Crippen molar-refractivity contribution >= 4 is 23.8 Å². The average molecular weight is 663 g/mol. The Morgan fingerprint density at radius 3 is 1.92 bits per heavy atom. The third kappa shape index (κ3) is 7.18. The van der Waals surface area contributed by atoms with Gasteiger partial charge in [-0.15, -0.1) is 0 Å². The molecular weight excluding hydrogens is 632 g/mol. The molecule has 0 radical (unpaired) electrons. The van der Waals surface area contributed by atoms with E-state index < -0.39 is 59.9 Å². The topological polar surface area (TPSA) is 206 Å². The van der Waals surface area contributed by atoms with E-state index in [9.17, 15) is 24.4 Å². The molecule has 1 aliphatic heterocycles. The summed E-state index contributed by atoms with van der Waals surface area (Å²) in [5.74, 6) is -3.53. The predicted molar refractivity (Wildman–Crippen MR) is 171 cm³/mol. The highest BCUT2D eigenvalue weighted by Gasteiger charge is 2.61. The summed E-state index contributed by atoms with van der Waals surface area (Å²) in [5.41, 5.74) is 9.20. The van der Waals surface area contributed by atoms with Gasteiger partial charge in [-0.25, -0.2) is 14.4 Å². The van der Waals surface area contributed by atoms with Crippen molar-refractivity contribution in [2.24, 2.45) is 5.11 Å². The number of azide groups is 1. The second-order valence-corrected chi connectivity index (χ2v) is 11.6. The van der Waals surface area contributed by atoms with E-state index in [2.05, 4.69) is 20.2 Å². The molecule has 0 aliphatic carbocycles. The lowest BCUT2D eigenvalue weighted by atomic mass is 9.88.